The van der Waals surface area contributed by atoms with Crippen molar-refractivity contribution in [3.63, 3.8) is 0 Å². The summed E-state index contributed by atoms with van der Waals surface area (Å²) in [6, 6.07) is 4.30. The molecular formula is C12H12ClNO4. The Labute approximate surface area is 109 Å². The van der Waals surface area contributed by atoms with Crippen LogP contribution >= 0.6 is 11.6 Å². The molecule has 96 valence electrons. The van der Waals surface area contributed by atoms with Crippen LogP contribution in [0, 0.1) is 0 Å². The van der Waals surface area contributed by atoms with Gasteiger partial charge in [0.1, 0.15) is 6.29 Å². The quantitative estimate of drug-likeness (QED) is 0.836. The van der Waals surface area contributed by atoms with Crippen molar-refractivity contribution < 1.29 is 19.4 Å². The average molecular weight is 270 g/mol. The van der Waals surface area contributed by atoms with Gasteiger partial charge in [-0.05, 0) is 23.8 Å². The van der Waals surface area contributed by atoms with Crippen LogP contribution in [0.2, 0.25) is 5.02 Å². The van der Waals surface area contributed by atoms with Gasteiger partial charge in [0, 0.05) is 17.1 Å². The largest absolute Gasteiger partial charge is 0.465 e. The van der Waals surface area contributed by atoms with E-state index < -0.39 is 12.1 Å². The minimum absolute atomic E-state index is 0.230. The molecule has 0 bridgehead atoms. The van der Waals surface area contributed by atoms with Crippen molar-refractivity contribution in [2.45, 2.75) is 6.04 Å². The Kier molecular flexibility index (Phi) is 3.84. The Bertz CT molecular complexity index is 477. The van der Waals surface area contributed by atoms with Crippen LogP contribution in [0.3, 0.4) is 0 Å². The molecule has 6 heteroatoms. The lowest BCUT2D eigenvalue weighted by molar-refractivity contribution is -0.00106. The van der Waals surface area contributed by atoms with E-state index in [9.17, 15) is 9.59 Å². The molecule has 1 aliphatic rings. The topological polar surface area (TPSA) is 66.8 Å². The third kappa shape index (κ3) is 2.47. The Morgan fingerprint density at radius 2 is 2.33 bits per heavy atom. The smallest absolute Gasteiger partial charge is 0.407 e. The summed E-state index contributed by atoms with van der Waals surface area (Å²) in [5, 5.41) is 9.62. The maximum absolute atomic E-state index is 11.2. The van der Waals surface area contributed by atoms with E-state index in [4.69, 9.17) is 21.4 Å². The first-order valence-electron chi connectivity index (χ1n) is 5.45. The van der Waals surface area contributed by atoms with E-state index in [0.717, 1.165) is 0 Å². The molecule has 1 aliphatic heterocycles. The van der Waals surface area contributed by atoms with Crippen LogP contribution in [0.4, 0.5) is 4.79 Å². The fraction of sp³-hybridized carbons (Fsp3) is 0.333. The number of benzene rings is 1. The molecule has 1 fully saturated rings. The molecule has 1 heterocycles. The number of rotatable bonds is 2. The molecule has 1 unspecified atom stereocenters. The van der Waals surface area contributed by atoms with E-state index in [0.29, 0.717) is 29.0 Å². The van der Waals surface area contributed by atoms with Gasteiger partial charge in [0.25, 0.3) is 0 Å². The highest BCUT2D eigenvalue weighted by Gasteiger charge is 2.30. The number of amides is 1. The highest BCUT2D eigenvalue weighted by molar-refractivity contribution is 6.30. The summed E-state index contributed by atoms with van der Waals surface area (Å²) in [7, 11) is 0. The van der Waals surface area contributed by atoms with Gasteiger partial charge in [-0.15, -0.1) is 0 Å². The third-order valence-corrected chi connectivity index (χ3v) is 3.14. The monoisotopic (exact) mass is 269 g/mol. The summed E-state index contributed by atoms with van der Waals surface area (Å²) in [6.07, 6.45) is -0.333. The van der Waals surface area contributed by atoms with Gasteiger partial charge in [0.05, 0.1) is 19.3 Å². The van der Waals surface area contributed by atoms with Crippen LogP contribution in [0.15, 0.2) is 18.2 Å². The number of morpholine rings is 1. The van der Waals surface area contributed by atoms with E-state index in [2.05, 4.69) is 0 Å². The van der Waals surface area contributed by atoms with Crippen molar-refractivity contribution >= 4 is 24.0 Å². The van der Waals surface area contributed by atoms with Crippen LogP contribution in [-0.4, -0.2) is 42.1 Å². The Hall–Kier alpha value is -1.59. The summed E-state index contributed by atoms with van der Waals surface area (Å²) in [5.74, 6) is 0. The maximum atomic E-state index is 11.2. The Morgan fingerprint density at radius 1 is 1.56 bits per heavy atom. The number of ether oxygens (including phenoxy) is 1. The number of halogens is 1. The van der Waals surface area contributed by atoms with E-state index in [-0.39, 0.29) is 13.2 Å². The first-order chi connectivity index (χ1) is 8.63. The van der Waals surface area contributed by atoms with Crippen LogP contribution in [0.1, 0.15) is 22.0 Å². The summed E-state index contributed by atoms with van der Waals surface area (Å²) in [5.41, 5.74) is 1.01. The summed E-state index contributed by atoms with van der Waals surface area (Å²) in [4.78, 5) is 23.4. The molecule has 1 saturated heterocycles. The second kappa shape index (κ2) is 5.37. The van der Waals surface area contributed by atoms with E-state index in [1.54, 1.807) is 18.2 Å². The molecule has 2 rings (SSSR count). The van der Waals surface area contributed by atoms with Gasteiger partial charge in [-0.2, -0.15) is 0 Å². The first kappa shape index (κ1) is 12.9. The Morgan fingerprint density at radius 3 is 3.00 bits per heavy atom. The van der Waals surface area contributed by atoms with Gasteiger partial charge in [-0.1, -0.05) is 11.6 Å². The number of hydrogen-bond acceptors (Lipinski definition) is 3. The normalized spacial score (nSPS) is 19.6. The molecule has 1 amide bonds. The third-order valence-electron chi connectivity index (χ3n) is 2.91. The Balaban J connectivity index is 2.41. The fourth-order valence-corrected chi connectivity index (χ4v) is 2.21. The predicted molar refractivity (Wildman–Crippen MR) is 65.1 cm³/mol. The van der Waals surface area contributed by atoms with Gasteiger partial charge in [0.2, 0.25) is 0 Å². The lowest BCUT2D eigenvalue weighted by Crippen LogP contribution is -2.43. The number of carboxylic acid groups (broad SMARTS) is 1. The van der Waals surface area contributed by atoms with Crippen molar-refractivity contribution in [3.05, 3.63) is 34.3 Å². The van der Waals surface area contributed by atoms with Gasteiger partial charge in [0.15, 0.2) is 0 Å². The second-order valence-electron chi connectivity index (χ2n) is 3.96. The number of carbonyl (C=O) groups excluding carboxylic acids is 1. The number of hydrogen-bond donors (Lipinski definition) is 1. The first-order valence-corrected chi connectivity index (χ1v) is 5.83. The molecule has 5 nitrogen and oxygen atoms in total. The average Bonchev–Trinajstić information content (AvgIpc) is 2.38. The molecule has 0 aliphatic carbocycles. The number of aldehydes is 1. The van der Waals surface area contributed by atoms with Gasteiger partial charge < -0.3 is 9.84 Å². The lowest BCUT2D eigenvalue weighted by atomic mass is 9.99. The van der Waals surface area contributed by atoms with Gasteiger partial charge in [-0.3, -0.25) is 9.69 Å². The molecule has 0 spiro atoms. The molecule has 0 radical (unpaired) electrons. The zero-order valence-electron chi connectivity index (χ0n) is 9.51. The molecule has 0 aromatic heterocycles. The summed E-state index contributed by atoms with van der Waals surface area (Å²) in [6.45, 7) is 0.873. The zero-order chi connectivity index (χ0) is 13.1. The minimum Gasteiger partial charge on any atom is -0.465 e. The standard InChI is InChI=1S/C12H12ClNO4/c13-9-2-1-8(6-15)10(5-9)11-7-18-4-3-14(11)12(16)17/h1-2,5-6,11H,3-4,7H2,(H,16,17). The molecule has 1 aromatic carbocycles. The molecule has 0 saturated carbocycles. The molecule has 18 heavy (non-hydrogen) atoms. The van der Waals surface area contributed by atoms with E-state index in [1.807, 2.05) is 0 Å². The van der Waals surface area contributed by atoms with Crippen molar-refractivity contribution in [2.24, 2.45) is 0 Å². The number of nitrogens with zero attached hydrogens (tertiary/aromatic N) is 1. The summed E-state index contributed by atoms with van der Waals surface area (Å²) < 4.78 is 5.29. The predicted octanol–water partition coefficient (Wildman–Crippen LogP) is 2.20. The van der Waals surface area contributed by atoms with Crippen LogP contribution < -0.4 is 0 Å². The van der Waals surface area contributed by atoms with Gasteiger partial charge in [-0.25, -0.2) is 4.79 Å². The summed E-state index contributed by atoms with van der Waals surface area (Å²) >= 11 is 5.90. The molecule has 1 atom stereocenters. The fourth-order valence-electron chi connectivity index (χ4n) is 2.03. The van der Waals surface area contributed by atoms with Crippen molar-refractivity contribution in [2.75, 3.05) is 19.8 Å². The maximum Gasteiger partial charge on any atom is 0.407 e. The molecule has 1 aromatic rings. The minimum atomic E-state index is -1.03. The molecular weight excluding hydrogens is 258 g/mol. The second-order valence-corrected chi connectivity index (χ2v) is 4.39. The van der Waals surface area contributed by atoms with Crippen LogP contribution in [0.25, 0.3) is 0 Å². The van der Waals surface area contributed by atoms with Crippen LogP contribution in [0.5, 0.6) is 0 Å². The van der Waals surface area contributed by atoms with Crippen molar-refractivity contribution in [1.82, 2.24) is 4.90 Å². The van der Waals surface area contributed by atoms with Gasteiger partial charge >= 0.3 is 6.09 Å². The highest BCUT2D eigenvalue weighted by Crippen LogP contribution is 2.28. The van der Waals surface area contributed by atoms with E-state index in [1.165, 1.54) is 4.90 Å². The zero-order valence-corrected chi connectivity index (χ0v) is 10.3. The van der Waals surface area contributed by atoms with Crippen molar-refractivity contribution in [3.8, 4) is 0 Å². The lowest BCUT2D eigenvalue weighted by Gasteiger charge is -2.34. The highest BCUT2D eigenvalue weighted by atomic mass is 35.5. The van der Waals surface area contributed by atoms with Crippen molar-refractivity contribution in [1.29, 1.82) is 0 Å². The SMILES string of the molecule is O=Cc1ccc(Cl)cc1C1COCCN1C(=O)O. The molecule has 1 N–H and O–H groups in total. The van der Waals surface area contributed by atoms with Crippen LogP contribution in [-0.2, 0) is 4.74 Å². The van der Waals surface area contributed by atoms with E-state index >= 15 is 0 Å². The number of carbonyl (C=O) groups is 2.